The van der Waals surface area contributed by atoms with Gasteiger partial charge in [0.05, 0.1) is 11.6 Å². The van der Waals surface area contributed by atoms with Crippen LogP contribution in [0.1, 0.15) is 37.3 Å². The van der Waals surface area contributed by atoms with E-state index in [0.29, 0.717) is 17.0 Å². The second-order valence-electron chi connectivity index (χ2n) is 5.36. The molecule has 5 nitrogen and oxygen atoms in total. The molecular formula is C14H18N2O3. The molecule has 1 aromatic heterocycles. The van der Waals surface area contributed by atoms with Crippen molar-refractivity contribution in [2.45, 2.75) is 37.8 Å². The van der Waals surface area contributed by atoms with Crippen molar-refractivity contribution in [3.05, 3.63) is 34.3 Å². The van der Waals surface area contributed by atoms with Crippen LogP contribution in [0.5, 0.6) is 0 Å². The minimum absolute atomic E-state index is 0.0721. The zero-order chi connectivity index (χ0) is 13.4. The van der Waals surface area contributed by atoms with Crippen molar-refractivity contribution in [3.63, 3.8) is 0 Å². The van der Waals surface area contributed by atoms with Crippen LogP contribution in [0.15, 0.2) is 27.4 Å². The van der Waals surface area contributed by atoms with Gasteiger partial charge < -0.3 is 15.3 Å². The molecule has 1 atom stereocenters. The van der Waals surface area contributed by atoms with Crippen LogP contribution in [0.4, 0.5) is 0 Å². The van der Waals surface area contributed by atoms with Crippen LogP contribution >= 0.6 is 0 Å². The maximum atomic E-state index is 11.1. The molecule has 1 aliphatic carbocycles. The number of aromatic amines is 1. The number of H-pyrrole nitrogens is 1. The average Bonchev–Trinajstić information content (AvgIpc) is 2.77. The number of aliphatic hydroxyl groups is 1. The molecule has 1 saturated carbocycles. The molecule has 0 aliphatic heterocycles. The summed E-state index contributed by atoms with van der Waals surface area (Å²) in [6, 6.07) is 5.52. The van der Waals surface area contributed by atoms with Gasteiger partial charge in [0, 0.05) is 6.04 Å². The fourth-order valence-corrected chi connectivity index (χ4v) is 2.90. The Morgan fingerprint density at radius 2 is 2.05 bits per heavy atom. The summed E-state index contributed by atoms with van der Waals surface area (Å²) in [5.74, 6) is -0.0620. The number of hydrogen-bond acceptors (Lipinski definition) is 4. The quantitative estimate of drug-likeness (QED) is 0.767. The number of nitrogens with one attached hydrogen (secondary N) is 1. The molecule has 5 heteroatoms. The summed E-state index contributed by atoms with van der Waals surface area (Å²) in [5.41, 5.74) is 8.53. The molecule has 1 fully saturated rings. The Hall–Kier alpha value is -1.59. The first-order valence-electron chi connectivity index (χ1n) is 6.70. The number of rotatable bonds is 2. The predicted molar refractivity (Wildman–Crippen MR) is 71.7 cm³/mol. The molecular weight excluding hydrogens is 244 g/mol. The zero-order valence-corrected chi connectivity index (χ0v) is 10.6. The number of nitrogens with two attached hydrogens (primary N) is 1. The first-order valence-corrected chi connectivity index (χ1v) is 6.70. The third-order valence-electron chi connectivity index (χ3n) is 4.08. The third-order valence-corrected chi connectivity index (χ3v) is 4.08. The highest BCUT2D eigenvalue weighted by atomic mass is 16.4. The van der Waals surface area contributed by atoms with E-state index in [1.807, 2.05) is 18.2 Å². The van der Waals surface area contributed by atoms with Crippen LogP contribution in [0.25, 0.3) is 11.1 Å². The highest BCUT2D eigenvalue weighted by molar-refractivity contribution is 5.72. The highest BCUT2D eigenvalue weighted by Gasteiger charge is 2.25. The van der Waals surface area contributed by atoms with E-state index in [2.05, 4.69) is 4.98 Å². The highest BCUT2D eigenvalue weighted by Crippen LogP contribution is 2.33. The molecule has 3 rings (SSSR count). The van der Waals surface area contributed by atoms with E-state index >= 15 is 0 Å². The summed E-state index contributed by atoms with van der Waals surface area (Å²) in [6.07, 6.45) is 3.35. The van der Waals surface area contributed by atoms with E-state index in [0.717, 1.165) is 31.2 Å². The third kappa shape index (κ3) is 2.43. The Balaban J connectivity index is 1.84. The summed E-state index contributed by atoms with van der Waals surface area (Å²) in [5, 5.41) is 9.53. The van der Waals surface area contributed by atoms with Gasteiger partial charge in [-0.1, -0.05) is 6.07 Å². The number of fused-ring (bicyclic) bond motifs is 1. The molecule has 1 unspecified atom stereocenters. The molecule has 4 N–H and O–H groups in total. The molecule has 2 aromatic rings. The maximum absolute atomic E-state index is 11.1. The number of hydrogen-bond donors (Lipinski definition) is 3. The van der Waals surface area contributed by atoms with Gasteiger partial charge in [0.2, 0.25) is 0 Å². The van der Waals surface area contributed by atoms with E-state index in [-0.39, 0.29) is 12.1 Å². The Morgan fingerprint density at radius 1 is 1.32 bits per heavy atom. The number of oxazole rings is 1. The largest absolute Gasteiger partial charge is 0.417 e. The monoisotopic (exact) mass is 262 g/mol. The van der Waals surface area contributed by atoms with E-state index < -0.39 is 5.76 Å². The molecule has 1 aliphatic rings. The minimum Gasteiger partial charge on any atom is -0.408 e. The summed E-state index contributed by atoms with van der Waals surface area (Å²) in [6.45, 7) is 0. The molecule has 0 amide bonds. The summed E-state index contributed by atoms with van der Waals surface area (Å²) in [4.78, 5) is 13.7. The van der Waals surface area contributed by atoms with Crippen LogP contribution < -0.4 is 11.5 Å². The van der Waals surface area contributed by atoms with Gasteiger partial charge in [-0.15, -0.1) is 0 Å². The maximum Gasteiger partial charge on any atom is 0.417 e. The SMILES string of the molecule is NC(c1ccc2[nH]c(=O)oc2c1)C1CCC(O)CC1. The van der Waals surface area contributed by atoms with Crippen molar-refractivity contribution in [1.29, 1.82) is 0 Å². The second-order valence-corrected chi connectivity index (χ2v) is 5.36. The van der Waals surface area contributed by atoms with E-state index in [4.69, 9.17) is 10.2 Å². The van der Waals surface area contributed by atoms with Crippen molar-refractivity contribution in [1.82, 2.24) is 4.98 Å². The van der Waals surface area contributed by atoms with Crippen molar-refractivity contribution >= 4 is 11.1 Å². The summed E-state index contributed by atoms with van der Waals surface area (Å²) < 4.78 is 5.06. The van der Waals surface area contributed by atoms with Crippen LogP contribution in [0.2, 0.25) is 0 Å². The smallest absolute Gasteiger partial charge is 0.408 e. The van der Waals surface area contributed by atoms with Crippen LogP contribution in [0, 0.1) is 5.92 Å². The molecule has 0 saturated heterocycles. The molecule has 0 spiro atoms. The van der Waals surface area contributed by atoms with Gasteiger partial charge in [0.15, 0.2) is 5.58 Å². The van der Waals surface area contributed by atoms with E-state index in [1.54, 1.807) is 0 Å². The molecule has 19 heavy (non-hydrogen) atoms. The molecule has 0 radical (unpaired) electrons. The number of aromatic nitrogens is 1. The van der Waals surface area contributed by atoms with E-state index in [9.17, 15) is 9.90 Å². The lowest BCUT2D eigenvalue weighted by atomic mass is 9.80. The van der Waals surface area contributed by atoms with E-state index in [1.165, 1.54) is 0 Å². The molecule has 1 heterocycles. The Bertz CT molecular complexity index is 623. The van der Waals surface area contributed by atoms with Crippen molar-refractivity contribution in [2.75, 3.05) is 0 Å². The minimum atomic E-state index is -0.443. The fraction of sp³-hybridized carbons (Fsp3) is 0.500. The number of benzene rings is 1. The topological polar surface area (TPSA) is 92.3 Å². The fourth-order valence-electron chi connectivity index (χ4n) is 2.90. The summed E-state index contributed by atoms with van der Waals surface area (Å²) >= 11 is 0. The number of aliphatic hydroxyl groups excluding tert-OH is 1. The molecule has 1 aromatic carbocycles. The van der Waals surface area contributed by atoms with Crippen LogP contribution in [-0.2, 0) is 0 Å². The standard InChI is InChI=1S/C14H18N2O3/c15-13(8-1-4-10(17)5-2-8)9-3-6-11-12(7-9)19-14(18)16-11/h3,6-8,10,13,17H,1-2,4-5,15H2,(H,16,18). The van der Waals surface area contributed by atoms with Gasteiger partial charge >= 0.3 is 5.76 Å². The van der Waals surface area contributed by atoms with Crippen molar-refractivity contribution < 1.29 is 9.52 Å². The Morgan fingerprint density at radius 3 is 2.79 bits per heavy atom. The first kappa shape index (κ1) is 12.4. The summed E-state index contributed by atoms with van der Waals surface area (Å²) in [7, 11) is 0. The van der Waals surface area contributed by atoms with Crippen LogP contribution in [0.3, 0.4) is 0 Å². The first-order chi connectivity index (χ1) is 9.13. The van der Waals surface area contributed by atoms with Crippen molar-refractivity contribution in [3.8, 4) is 0 Å². The molecule has 0 bridgehead atoms. The van der Waals surface area contributed by atoms with Crippen molar-refractivity contribution in [2.24, 2.45) is 11.7 Å². The second kappa shape index (κ2) is 4.83. The Labute approximate surface area is 110 Å². The lowest BCUT2D eigenvalue weighted by molar-refractivity contribution is 0.102. The van der Waals surface area contributed by atoms with Gasteiger partial charge in [-0.05, 0) is 49.3 Å². The normalized spacial score (nSPS) is 25.6. The van der Waals surface area contributed by atoms with Gasteiger partial charge in [0.1, 0.15) is 0 Å². The van der Waals surface area contributed by atoms with Gasteiger partial charge in [-0.3, -0.25) is 4.98 Å². The van der Waals surface area contributed by atoms with Crippen LogP contribution in [-0.4, -0.2) is 16.2 Å². The average molecular weight is 262 g/mol. The van der Waals surface area contributed by atoms with Gasteiger partial charge in [0.25, 0.3) is 0 Å². The Kier molecular flexibility index (Phi) is 3.16. The van der Waals surface area contributed by atoms with Gasteiger partial charge in [-0.2, -0.15) is 0 Å². The predicted octanol–water partition coefficient (Wildman–Crippen LogP) is 1.67. The zero-order valence-electron chi connectivity index (χ0n) is 10.6. The van der Waals surface area contributed by atoms with Gasteiger partial charge in [-0.25, -0.2) is 4.79 Å². The lowest BCUT2D eigenvalue weighted by Crippen LogP contribution is -2.27. The molecule has 102 valence electrons. The lowest BCUT2D eigenvalue weighted by Gasteiger charge is -2.30.